The number of benzene rings is 1. The van der Waals surface area contributed by atoms with Crippen molar-refractivity contribution in [2.24, 2.45) is 21.7 Å². The molecule has 0 unspecified atom stereocenters. The minimum atomic E-state index is -3.24. The van der Waals surface area contributed by atoms with Crippen molar-refractivity contribution in [3.63, 3.8) is 0 Å². The van der Waals surface area contributed by atoms with Crippen LogP contribution in [0.3, 0.4) is 0 Å². The lowest BCUT2D eigenvalue weighted by Gasteiger charge is -2.02. The van der Waals surface area contributed by atoms with Gasteiger partial charge in [0.1, 0.15) is 0 Å². The molecule has 0 fully saturated rings. The average Bonchev–Trinajstić information content (AvgIpc) is 2.14. The quantitative estimate of drug-likeness (QED) is 0.479. The Morgan fingerprint density at radius 2 is 2.06 bits per heavy atom. The van der Waals surface area contributed by atoms with Gasteiger partial charge in [-0.25, -0.2) is 8.42 Å². The van der Waals surface area contributed by atoms with Crippen molar-refractivity contribution in [3.05, 3.63) is 28.2 Å². The number of nitrogens with zero attached hydrogens (tertiary/aromatic N) is 2. The highest BCUT2D eigenvalue weighted by Crippen LogP contribution is 2.22. The number of sulfone groups is 1. The van der Waals surface area contributed by atoms with Crippen molar-refractivity contribution in [2.45, 2.75) is 4.90 Å². The molecule has 0 amide bonds. The fourth-order valence-corrected chi connectivity index (χ4v) is 3.07. The summed E-state index contributed by atoms with van der Waals surface area (Å²) in [5.41, 5.74) is 10.9. The van der Waals surface area contributed by atoms with Gasteiger partial charge < -0.3 is 11.5 Å². The Hall–Kier alpha value is -1.41. The van der Waals surface area contributed by atoms with E-state index in [1.807, 2.05) is 0 Å². The Morgan fingerprint density at radius 3 is 2.53 bits per heavy atom. The zero-order valence-corrected chi connectivity index (χ0v) is 11.4. The molecule has 1 rings (SSSR count). The predicted molar refractivity (Wildman–Crippen MR) is 70.7 cm³/mol. The maximum Gasteiger partial charge on any atom is 0.211 e. The van der Waals surface area contributed by atoms with Crippen LogP contribution >= 0.6 is 15.9 Å². The van der Waals surface area contributed by atoms with E-state index in [2.05, 4.69) is 26.1 Å². The van der Waals surface area contributed by atoms with Gasteiger partial charge in [-0.15, -0.1) is 5.10 Å². The highest BCUT2D eigenvalue weighted by atomic mass is 79.9. The zero-order chi connectivity index (χ0) is 13.1. The molecule has 1 aromatic carbocycles. The first-order valence-corrected chi connectivity index (χ1v) is 7.10. The van der Waals surface area contributed by atoms with Crippen molar-refractivity contribution in [1.82, 2.24) is 0 Å². The van der Waals surface area contributed by atoms with Crippen LogP contribution in [0.5, 0.6) is 0 Å². The Kier molecular flexibility index (Phi) is 4.24. The summed E-state index contributed by atoms with van der Waals surface area (Å²) in [6.07, 6.45) is 2.55. The smallest absolute Gasteiger partial charge is 0.211 e. The summed E-state index contributed by atoms with van der Waals surface area (Å²) in [6, 6.07) is 4.70. The number of guanidine groups is 1. The lowest BCUT2D eigenvalue weighted by molar-refractivity contribution is 0.601. The van der Waals surface area contributed by atoms with Gasteiger partial charge >= 0.3 is 0 Å². The van der Waals surface area contributed by atoms with Crippen LogP contribution in [-0.4, -0.2) is 26.8 Å². The van der Waals surface area contributed by atoms with Gasteiger partial charge in [0.15, 0.2) is 9.84 Å². The van der Waals surface area contributed by atoms with Crippen LogP contribution in [-0.2, 0) is 9.84 Å². The van der Waals surface area contributed by atoms with Crippen molar-refractivity contribution >= 4 is 37.9 Å². The second kappa shape index (κ2) is 5.28. The summed E-state index contributed by atoms with van der Waals surface area (Å²) >= 11 is 3.18. The minimum Gasteiger partial charge on any atom is -0.369 e. The fourth-order valence-electron chi connectivity index (χ4n) is 1.06. The van der Waals surface area contributed by atoms with Crippen molar-refractivity contribution in [3.8, 4) is 0 Å². The molecule has 92 valence electrons. The van der Waals surface area contributed by atoms with Crippen molar-refractivity contribution in [2.75, 3.05) is 6.26 Å². The van der Waals surface area contributed by atoms with E-state index in [9.17, 15) is 8.42 Å². The number of hydrogen-bond donors (Lipinski definition) is 2. The standard InChI is InChI=1S/C9H11BrN4O2S/c1-17(15,16)8-3-2-6(4-7(8)10)5-13-14-9(11)12/h2-5H,1H3,(H4,11,12,14). The van der Waals surface area contributed by atoms with Gasteiger partial charge in [0.25, 0.3) is 0 Å². The van der Waals surface area contributed by atoms with Gasteiger partial charge in [-0.05, 0) is 33.6 Å². The minimum absolute atomic E-state index is 0.145. The van der Waals surface area contributed by atoms with E-state index < -0.39 is 9.84 Å². The summed E-state index contributed by atoms with van der Waals surface area (Å²) in [4.78, 5) is 0.219. The normalized spacial score (nSPS) is 11.6. The molecule has 0 spiro atoms. The van der Waals surface area contributed by atoms with E-state index in [0.29, 0.717) is 10.0 Å². The maximum absolute atomic E-state index is 11.3. The summed E-state index contributed by atoms with van der Waals surface area (Å²) in [7, 11) is -3.24. The topological polar surface area (TPSA) is 111 Å². The molecule has 0 aliphatic heterocycles. The molecule has 0 saturated heterocycles. The van der Waals surface area contributed by atoms with Crippen molar-refractivity contribution < 1.29 is 8.42 Å². The average molecular weight is 319 g/mol. The molecular formula is C9H11BrN4O2S. The first kappa shape index (κ1) is 13.7. The van der Waals surface area contributed by atoms with E-state index in [4.69, 9.17) is 11.5 Å². The molecule has 0 heterocycles. The van der Waals surface area contributed by atoms with Crippen LogP contribution in [0.1, 0.15) is 5.56 Å². The molecule has 0 saturated carbocycles. The van der Waals surface area contributed by atoms with E-state index in [1.165, 1.54) is 12.3 Å². The molecule has 8 heteroatoms. The van der Waals surface area contributed by atoms with Crippen LogP contribution in [0.2, 0.25) is 0 Å². The molecule has 0 aliphatic carbocycles. The molecular weight excluding hydrogens is 308 g/mol. The third-order valence-electron chi connectivity index (χ3n) is 1.74. The SMILES string of the molecule is CS(=O)(=O)c1ccc(C=NN=C(N)N)cc1Br. The van der Waals surface area contributed by atoms with Gasteiger partial charge in [-0.3, -0.25) is 0 Å². The molecule has 1 aromatic rings. The highest BCUT2D eigenvalue weighted by Gasteiger charge is 2.11. The number of hydrogen-bond acceptors (Lipinski definition) is 4. The van der Waals surface area contributed by atoms with Crippen LogP contribution in [0, 0.1) is 0 Å². The lowest BCUT2D eigenvalue weighted by atomic mass is 10.2. The van der Waals surface area contributed by atoms with Crippen molar-refractivity contribution in [1.29, 1.82) is 0 Å². The molecule has 0 aliphatic rings. The van der Waals surface area contributed by atoms with Crippen LogP contribution in [0.15, 0.2) is 37.8 Å². The van der Waals surface area contributed by atoms with Crippen LogP contribution < -0.4 is 11.5 Å². The molecule has 0 aromatic heterocycles. The van der Waals surface area contributed by atoms with Gasteiger partial charge in [-0.2, -0.15) is 5.10 Å². The molecule has 4 N–H and O–H groups in total. The largest absolute Gasteiger partial charge is 0.369 e. The molecule has 0 atom stereocenters. The maximum atomic E-state index is 11.3. The Morgan fingerprint density at radius 1 is 1.41 bits per heavy atom. The summed E-state index contributed by atoms with van der Waals surface area (Å²) in [5, 5.41) is 7.05. The van der Waals surface area contributed by atoms with E-state index in [-0.39, 0.29) is 10.9 Å². The monoisotopic (exact) mass is 318 g/mol. The summed E-state index contributed by atoms with van der Waals surface area (Å²) < 4.78 is 23.2. The highest BCUT2D eigenvalue weighted by molar-refractivity contribution is 9.10. The lowest BCUT2D eigenvalue weighted by Crippen LogP contribution is -2.21. The molecule has 0 bridgehead atoms. The third kappa shape index (κ3) is 4.16. The number of rotatable bonds is 3. The van der Waals surface area contributed by atoms with E-state index in [1.54, 1.807) is 12.1 Å². The first-order valence-electron chi connectivity index (χ1n) is 4.42. The number of halogens is 1. The second-order valence-electron chi connectivity index (χ2n) is 3.23. The summed E-state index contributed by atoms with van der Waals surface area (Å²) in [6.45, 7) is 0. The van der Waals surface area contributed by atoms with Gasteiger partial charge in [0.05, 0.1) is 11.1 Å². The first-order chi connectivity index (χ1) is 7.80. The third-order valence-corrected chi connectivity index (χ3v) is 3.81. The summed E-state index contributed by atoms with van der Waals surface area (Å²) in [5.74, 6) is -0.145. The predicted octanol–water partition coefficient (Wildman–Crippen LogP) is 0.460. The van der Waals surface area contributed by atoms with Crippen LogP contribution in [0.25, 0.3) is 0 Å². The van der Waals surface area contributed by atoms with Crippen LogP contribution in [0.4, 0.5) is 0 Å². The Labute approximate surface area is 107 Å². The Bertz CT molecular complexity index is 577. The fraction of sp³-hybridized carbons (Fsp3) is 0.111. The molecule has 17 heavy (non-hydrogen) atoms. The Balaban J connectivity index is 3.06. The van der Waals surface area contributed by atoms with Gasteiger partial charge in [0, 0.05) is 10.7 Å². The van der Waals surface area contributed by atoms with E-state index in [0.717, 1.165) is 6.26 Å². The van der Waals surface area contributed by atoms with E-state index >= 15 is 0 Å². The molecule has 0 radical (unpaired) electrons. The second-order valence-corrected chi connectivity index (χ2v) is 6.07. The van der Waals surface area contributed by atoms with Gasteiger partial charge in [-0.1, -0.05) is 6.07 Å². The molecule has 6 nitrogen and oxygen atoms in total. The number of nitrogens with two attached hydrogens (primary N) is 2. The zero-order valence-electron chi connectivity index (χ0n) is 8.96. The van der Waals surface area contributed by atoms with Gasteiger partial charge in [0.2, 0.25) is 5.96 Å².